The maximum atomic E-state index is 11.7. The van der Waals surface area contributed by atoms with E-state index in [-0.39, 0.29) is 10.9 Å². The Morgan fingerprint density at radius 2 is 2.00 bits per heavy atom. The number of esters is 1. The molecule has 5 heteroatoms. The minimum absolute atomic E-state index is 0.000878. The van der Waals surface area contributed by atoms with E-state index in [1.807, 2.05) is 30.3 Å². The molecule has 0 aromatic heterocycles. The highest BCUT2D eigenvalue weighted by Gasteiger charge is 2.16. The molecule has 1 aromatic rings. The van der Waals surface area contributed by atoms with Crippen LogP contribution in [0.25, 0.3) is 0 Å². The van der Waals surface area contributed by atoms with Gasteiger partial charge >= 0.3 is 5.97 Å². The summed E-state index contributed by atoms with van der Waals surface area (Å²) in [4.78, 5) is 22.9. The highest BCUT2D eigenvalue weighted by atomic mass is 32.2. The summed E-state index contributed by atoms with van der Waals surface area (Å²) in [6.07, 6.45) is 0.348. The van der Waals surface area contributed by atoms with E-state index in [4.69, 9.17) is 10.5 Å². The van der Waals surface area contributed by atoms with Crippen LogP contribution >= 0.6 is 11.8 Å². The molecule has 0 radical (unpaired) electrons. The Hall–Kier alpha value is -1.33. The molecule has 0 heterocycles. The fourth-order valence-electron chi connectivity index (χ4n) is 1.31. The smallest absolute Gasteiger partial charge is 0.323 e. The SMILES string of the molecule is CCOC(=O)C(N)CSC(=O)Cc1ccccc1. The molecular formula is C13H17NO3S. The largest absolute Gasteiger partial charge is 0.465 e. The van der Waals surface area contributed by atoms with Gasteiger partial charge in [-0.3, -0.25) is 9.59 Å². The Labute approximate surface area is 111 Å². The van der Waals surface area contributed by atoms with E-state index in [0.29, 0.717) is 13.0 Å². The van der Waals surface area contributed by atoms with E-state index in [1.54, 1.807) is 6.92 Å². The molecular weight excluding hydrogens is 250 g/mol. The number of carbonyl (C=O) groups excluding carboxylic acids is 2. The normalized spacial score (nSPS) is 11.9. The molecule has 1 unspecified atom stereocenters. The Morgan fingerprint density at radius 1 is 1.33 bits per heavy atom. The Bertz CT molecular complexity index is 394. The summed E-state index contributed by atoms with van der Waals surface area (Å²) in [5.74, 6) is -0.206. The summed E-state index contributed by atoms with van der Waals surface area (Å²) in [7, 11) is 0. The lowest BCUT2D eigenvalue weighted by atomic mass is 10.2. The lowest BCUT2D eigenvalue weighted by Crippen LogP contribution is -2.35. The average Bonchev–Trinajstić information content (AvgIpc) is 2.37. The minimum atomic E-state index is -0.741. The van der Waals surface area contributed by atoms with Gasteiger partial charge in [0.1, 0.15) is 6.04 Å². The third kappa shape index (κ3) is 5.33. The van der Waals surface area contributed by atoms with Crippen LogP contribution in [0.5, 0.6) is 0 Å². The minimum Gasteiger partial charge on any atom is -0.465 e. The van der Waals surface area contributed by atoms with Gasteiger partial charge in [0.2, 0.25) is 0 Å². The first-order valence-corrected chi connectivity index (χ1v) is 6.73. The predicted octanol–water partition coefficient (Wildman–Crippen LogP) is 1.38. The number of thioether (sulfide) groups is 1. The standard InChI is InChI=1S/C13H17NO3S/c1-2-17-13(16)11(14)9-18-12(15)8-10-6-4-3-5-7-10/h3-7,11H,2,8-9,14H2,1H3. The van der Waals surface area contributed by atoms with Crippen molar-refractivity contribution in [2.75, 3.05) is 12.4 Å². The molecule has 98 valence electrons. The number of hydrogen-bond donors (Lipinski definition) is 1. The van der Waals surface area contributed by atoms with E-state index < -0.39 is 12.0 Å². The zero-order valence-electron chi connectivity index (χ0n) is 10.3. The van der Waals surface area contributed by atoms with Crippen molar-refractivity contribution >= 4 is 22.8 Å². The van der Waals surface area contributed by atoms with Gasteiger partial charge in [-0.05, 0) is 12.5 Å². The molecule has 0 amide bonds. The van der Waals surface area contributed by atoms with E-state index in [2.05, 4.69) is 0 Å². The van der Waals surface area contributed by atoms with Crippen molar-refractivity contribution < 1.29 is 14.3 Å². The lowest BCUT2D eigenvalue weighted by Gasteiger charge is -2.09. The van der Waals surface area contributed by atoms with Crippen LogP contribution in [-0.2, 0) is 20.7 Å². The van der Waals surface area contributed by atoms with Crippen LogP contribution in [-0.4, -0.2) is 29.5 Å². The van der Waals surface area contributed by atoms with Crippen molar-refractivity contribution in [3.63, 3.8) is 0 Å². The summed E-state index contributed by atoms with van der Waals surface area (Å²) in [5, 5.41) is 0.000878. The van der Waals surface area contributed by atoms with Crippen molar-refractivity contribution in [3.8, 4) is 0 Å². The zero-order valence-corrected chi connectivity index (χ0v) is 11.1. The van der Waals surface area contributed by atoms with Gasteiger partial charge in [-0.2, -0.15) is 0 Å². The van der Waals surface area contributed by atoms with Crippen molar-refractivity contribution in [1.29, 1.82) is 0 Å². The first-order valence-electron chi connectivity index (χ1n) is 5.75. The quantitative estimate of drug-likeness (QED) is 0.789. The third-order valence-corrected chi connectivity index (χ3v) is 3.20. The summed E-state index contributed by atoms with van der Waals surface area (Å²) >= 11 is 1.07. The summed E-state index contributed by atoms with van der Waals surface area (Å²) in [6.45, 7) is 2.02. The fraction of sp³-hybridized carbons (Fsp3) is 0.385. The number of ether oxygens (including phenoxy) is 1. The molecule has 0 spiro atoms. The van der Waals surface area contributed by atoms with E-state index >= 15 is 0 Å². The number of nitrogens with two attached hydrogens (primary N) is 1. The molecule has 0 aliphatic heterocycles. The predicted molar refractivity (Wildman–Crippen MR) is 72.2 cm³/mol. The van der Waals surface area contributed by atoms with Gasteiger partial charge in [0.05, 0.1) is 6.61 Å². The van der Waals surface area contributed by atoms with Gasteiger partial charge in [0.25, 0.3) is 0 Å². The molecule has 1 rings (SSSR count). The third-order valence-electron chi connectivity index (χ3n) is 2.20. The van der Waals surface area contributed by atoms with Gasteiger partial charge in [0, 0.05) is 12.2 Å². The zero-order chi connectivity index (χ0) is 13.4. The van der Waals surface area contributed by atoms with Gasteiger partial charge in [-0.1, -0.05) is 42.1 Å². The molecule has 1 atom stereocenters. The summed E-state index contributed by atoms with van der Waals surface area (Å²) in [6, 6.07) is 8.72. The van der Waals surface area contributed by atoms with Crippen LogP contribution in [0, 0.1) is 0 Å². The van der Waals surface area contributed by atoms with Crippen LogP contribution < -0.4 is 5.73 Å². The molecule has 0 fully saturated rings. The number of benzene rings is 1. The first-order chi connectivity index (χ1) is 8.63. The second kappa shape index (κ2) is 7.89. The fourth-order valence-corrected chi connectivity index (χ4v) is 2.08. The molecule has 4 nitrogen and oxygen atoms in total. The maximum Gasteiger partial charge on any atom is 0.323 e. The molecule has 0 saturated heterocycles. The van der Waals surface area contributed by atoms with Crippen molar-refractivity contribution in [3.05, 3.63) is 35.9 Å². The van der Waals surface area contributed by atoms with Gasteiger partial charge in [-0.15, -0.1) is 0 Å². The Morgan fingerprint density at radius 3 is 2.61 bits per heavy atom. The van der Waals surface area contributed by atoms with Crippen LogP contribution in [0.1, 0.15) is 12.5 Å². The molecule has 18 heavy (non-hydrogen) atoms. The second-order valence-corrected chi connectivity index (χ2v) is 4.78. The highest BCUT2D eigenvalue weighted by molar-refractivity contribution is 8.13. The second-order valence-electron chi connectivity index (χ2n) is 3.70. The molecule has 0 aliphatic carbocycles. The van der Waals surface area contributed by atoms with Crippen molar-refractivity contribution in [2.45, 2.75) is 19.4 Å². The monoisotopic (exact) mass is 267 g/mol. The Kier molecular flexibility index (Phi) is 6.46. The van der Waals surface area contributed by atoms with Crippen molar-refractivity contribution in [1.82, 2.24) is 0 Å². The van der Waals surface area contributed by atoms with E-state index in [1.165, 1.54) is 0 Å². The van der Waals surface area contributed by atoms with Gasteiger partial charge in [0.15, 0.2) is 5.12 Å². The van der Waals surface area contributed by atoms with Crippen LogP contribution in [0.4, 0.5) is 0 Å². The molecule has 1 aromatic carbocycles. The molecule has 0 aliphatic rings. The summed E-state index contributed by atoms with van der Waals surface area (Å²) < 4.78 is 4.77. The number of rotatable bonds is 6. The van der Waals surface area contributed by atoms with Gasteiger partial charge < -0.3 is 10.5 Å². The average molecular weight is 267 g/mol. The lowest BCUT2D eigenvalue weighted by molar-refractivity contribution is -0.144. The first kappa shape index (κ1) is 14.7. The van der Waals surface area contributed by atoms with Gasteiger partial charge in [-0.25, -0.2) is 0 Å². The van der Waals surface area contributed by atoms with Crippen LogP contribution in [0.2, 0.25) is 0 Å². The number of carbonyl (C=O) groups is 2. The maximum absolute atomic E-state index is 11.7. The topological polar surface area (TPSA) is 69.4 Å². The number of hydrogen-bond acceptors (Lipinski definition) is 5. The Balaban J connectivity index is 2.31. The molecule has 0 bridgehead atoms. The summed E-state index contributed by atoms with van der Waals surface area (Å²) in [5.41, 5.74) is 6.56. The van der Waals surface area contributed by atoms with E-state index in [0.717, 1.165) is 17.3 Å². The highest BCUT2D eigenvalue weighted by Crippen LogP contribution is 2.10. The van der Waals surface area contributed by atoms with Crippen LogP contribution in [0.3, 0.4) is 0 Å². The van der Waals surface area contributed by atoms with Crippen molar-refractivity contribution in [2.24, 2.45) is 5.73 Å². The molecule has 0 saturated carbocycles. The molecule has 2 N–H and O–H groups in total. The van der Waals surface area contributed by atoms with Crippen LogP contribution in [0.15, 0.2) is 30.3 Å². The van der Waals surface area contributed by atoms with E-state index in [9.17, 15) is 9.59 Å².